The van der Waals surface area contributed by atoms with Crippen LogP contribution in [-0.2, 0) is 34.4 Å². The van der Waals surface area contributed by atoms with Crippen molar-refractivity contribution in [1.29, 1.82) is 0 Å². The third kappa shape index (κ3) is 2.19. The van der Waals surface area contributed by atoms with E-state index in [4.69, 9.17) is 0 Å². The van der Waals surface area contributed by atoms with Crippen LogP contribution < -0.4 is 0 Å². The van der Waals surface area contributed by atoms with E-state index in [-0.39, 0.29) is 11.8 Å². The minimum Gasteiger partial charge on any atom is -0.281 e. The minimum atomic E-state index is -0.610. The van der Waals surface area contributed by atoms with E-state index in [9.17, 15) is 9.59 Å². The summed E-state index contributed by atoms with van der Waals surface area (Å²) in [5.74, 6) is -0.0556. The second-order valence-corrected chi connectivity index (χ2v) is 6.72. The van der Waals surface area contributed by atoms with Crippen LogP contribution in [0.1, 0.15) is 36.5 Å². The molecule has 1 aromatic carbocycles. The van der Waals surface area contributed by atoms with Gasteiger partial charge in [0.2, 0.25) is 11.8 Å². The lowest BCUT2D eigenvalue weighted by Crippen LogP contribution is -2.38. The van der Waals surface area contributed by atoms with E-state index in [0.29, 0.717) is 19.4 Å². The van der Waals surface area contributed by atoms with E-state index in [1.54, 1.807) is 0 Å². The van der Waals surface area contributed by atoms with Crippen LogP contribution >= 0.6 is 0 Å². The van der Waals surface area contributed by atoms with Crippen LogP contribution in [0.4, 0.5) is 0 Å². The van der Waals surface area contributed by atoms with Gasteiger partial charge in [-0.25, -0.2) is 0 Å². The molecular weight excluding hydrogens is 302 g/mol. The molecule has 5 nitrogen and oxygen atoms in total. The van der Waals surface area contributed by atoms with Crippen molar-refractivity contribution in [2.45, 2.75) is 44.6 Å². The van der Waals surface area contributed by atoms with E-state index in [0.717, 1.165) is 30.5 Å². The summed E-state index contributed by atoms with van der Waals surface area (Å²) in [5, 5.41) is 4.25. The lowest BCUT2D eigenvalue weighted by atomic mass is 9.80. The molecule has 2 aromatic rings. The third-order valence-corrected chi connectivity index (χ3v) is 5.40. The van der Waals surface area contributed by atoms with Crippen molar-refractivity contribution in [1.82, 2.24) is 14.7 Å². The first-order valence-corrected chi connectivity index (χ1v) is 8.58. The molecule has 1 aliphatic carbocycles. The largest absolute Gasteiger partial charge is 0.281 e. The molecule has 124 valence electrons. The second-order valence-electron chi connectivity index (χ2n) is 6.72. The summed E-state index contributed by atoms with van der Waals surface area (Å²) in [4.78, 5) is 27.1. The van der Waals surface area contributed by atoms with Gasteiger partial charge in [-0.3, -0.25) is 19.2 Å². The van der Waals surface area contributed by atoms with Crippen LogP contribution in [0, 0.1) is 0 Å². The molecule has 24 heavy (non-hydrogen) atoms. The maximum atomic E-state index is 13.1. The normalized spacial score (nSPS) is 22.6. The van der Waals surface area contributed by atoms with Gasteiger partial charge in [0, 0.05) is 25.7 Å². The maximum Gasteiger partial charge on any atom is 0.240 e. The summed E-state index contributed by atoms with van der Waals surface area (Å²) in [5.41, 5.74) is 2.72. The van der Waals surface area contributed by atoms with Gasteiger partial charge in [0.25, 0.3) is 0 Å². The highest BCUT2D eigenvalue weighted by Gasteiger charge is 2.54. The zero-order chi connectivity index (χ0) is 16.7. The van der Waals surface area contributed by atoms with Crippen molar-refractivity contribution in [2.75, 3.05) is 6.54 Å². The molecule has 0 radical (unpaired) electrons. The molecule has 1 aromatic heterocycles. The fourth-order valence-corrected chi connectivity index (χ4v) is 4.07. The van der Waals surface area contributed by atoms with Crippen molar-refractivity contribution < 1.29 is 9.59 Å². The van der Waals surface area contributed by atoms with Crippen molar-refractivity contribution >= 4 is 11.8 Å². The van der Waals surface area contributed by atoms with E-state index in [1.807, 2.05) is 42.2 Å². The Bertz CT molecular complexity index is 810. The van der Waals surface area contributed by atoms with Gasteiger partial charge in [-0.05, 0) is 42.9 Å². The highest BCUT2D eigenvalue weighted by molar-refractivity contribution is 6.09. The Morgan fingerprint density at radius 3 is 2.88 bits per heavy atom. The van der Waals surface area contributed by atoms with Crippen molar-refractivity contribution in [3.8, 4) is 0 Å². The Morgan fingerprint density at radius 2 is 2.08 bits per heavy atom. The number of carbonyl (C=O) groups excluding carboxylic acids is 2. The van der Waals surface area contributed by atoms with Crippen LogP contribution in [0.3, 0.4) is 0 Å². The first kappa shape index (κ1) is 15.1. The number of carbonyl (C=O) groups is 2. The molecule has 2 aliphatic rings. The Labute approximate surface area is 141 Å². The lowest BCUT2D eigenvalue weighted by molar-refractivity contribution is -0.139. The Balaban J connectivity index is 1.54. The number of hydrogen-bond donors (Lipinski definition) is 0. The number of fused-ring (bicyclic) bond motifs is 2. The van der Waals surface area contributed by atoms with Crippen molar-refractivity contribution in [2.24, 2.45) is 0 Å². The van der Waals surface area contributed by atoms with Crippen molar-refractivity contribution in [3.63, 3.8) is 0 Å². The lowest BCUT2D eigenvalue weighted by Gasteiger charge is -2.22. The fraction of sp³-hybridized carbons (Fsp3) is 0.421. The summed E-state index contributed by atoms with van der Waals surface area (Å²) >= 11 is 0. The van der Waals surface area contributed by atoms with E-state index in [1.165, 1.54) is 10.5 Å². The predicted octanol–water partition coefficient (Wildman–Crippen LogP) is 2.09. The average Bonchev–Trinajstić information content (AvgIpc) is 3.26. The molecule has 1 saturated heterocycles. The molecule has 5 heteroatoms. The third-order valence-electron chi connectivity index (χ3n) is 5.40. The van der Waals surface area contributed by atoms with Gasteiger partial charge in [-0.1, -0.05) is 24.3 Å². The number of benzene rings is 1. The molecule has 2 amide bonds. The monoisotopic (exact) mass is 323 g/mol. The van der Waals surface area contributed by atoms with Crippen LogP contribution in [0.15, 0.2) is 36.7 Å². The molecule has 4 rings (SSSR count). The highest BCUT2D eigenvalue weighted by Crippen LogP contribution is 2.46. The fourth-order valence-electron chi connectivity index (χ4n) is 4.07. The van der Waals surface area contributed by atoms with Crippen LogP contribution in [0.25, 0.3) is 0 Å². The van der Waals surface area contributed by atoms with E-state index in [2.05, 4.69) is 11.2 Å². The van der Waals surface area contributed by atoms with Gasteiger partial charge in [-0.15, -0.1) is 0 Å². The molecule has 0 bridgehead atoms. The molecule has 1 fully saturated rings. The van der Waals surface area contributed by atoms with Gasteiger partial charge < -0.3 is 0 Å². The zero-order valence-corrected chi connectivity index (χ0v) is 13.9. The topological polar surface area (TPSA) is 55.2 Å². The Hall–Kier alpha value is -2.43. The first-order chi connectivity index (χ1) is 11.6. The summed E-state index contributed by atoms with van der Waals surface area (Å²) in [6.07, 6.45) is 6.40. The number of aryl methyl sites for hydroxylation is 2. The number of nitrogens with zero attached hydrogens (tertiary/aromatic N) is 3. The van der Waals surface area contributed by atoms with Crippen molar-refractivity contribution in [3.05, 3.63) is 53.3 Å². The van der Waals surface area contributed by atoms with Gasteiger partial charge >= 0.3 is 0 Å². The zero-order valence-electron chi connectivity index (χ0n) is 13.9. The summed E-state index contributed by atoms with van der Waals surface area (Å²) in [6.45, 7) is 3.30. The standard InChI is InChI=1S/C19H21N3O2/c1-2-21-13-14(12-20-21)8-10-22-17(23)11-19(18(22)24)9-7-15-5-3-4-6-16(15)19/h3-6,12-13H,2,7-11H2,1H3/t19-/m0/s1. The molecule has 0 saturated carbocycles. The van der Waals surface area contributed by atoms with Gasteiger partial charge in [-0.2, -0.15) is 5.10 Å². The molecule has 0 N–H and O–H groups in total. The number of amides is 2. The molecule has 0 unspecified atom stereocenters. The van der Waals surface area contributed by atoms with E-state index >= 15 is 0 Å². The average molecular weight is 323 g/mol. The quantitative estimate of drug-likeness (QED) is 0.810. The number of likely N-dealkylation sites (tertiary alicyclic amines) is 1. The summed E-state index contributed by atoms with van der Waals surface area (Å²) in [6, 6.07) is 8.06. The number of aromatic nitrogens is 2. The van der Waals surface area contributed by atoms with Gasteiger partial charge in [0.05, 0.1) is 11.6 Å². The van der Waals surface area contributed by atoms with Crippen LogP contribution in [0.2, 0.25) is 0 Å². The molecule has 1 atom stereocenters. The van der Waals surface area contributed by atoms with E-state index < -0.39 is 5.41 Å². The SMILES string of the molecule is CCn1cc(CCN2C(=O)C[C@]3(CCc4ccccc43)C2=O)cn1. The Morgan fingerprint density at radius 1 is 1.25 bits per heavy atom. The molecular formula is C19H21N3O2. The minimum absolute atomic E-state index is 0.0136. The van der Waals surface area contributed by atoms with Crippen LogP contribution in [-0.4, -0.2) is 33.0 Å². The van der Waals surface area contributed by atoms with Gasteiger partial charge in [0.1, 0.15) is 0 Å². The molecule has 1 aliphatic heterocycles. The van der Waals surface area contributed by atoms with Gasteiger partial charge in [0.15, 0.2) is 0 Å². The number of rotatable bonds is 4. The summed E-state index contributed by atoms with van der Waals surface area (Å²) in [7, 11) is 0. The summed E-state index contributed by atoms with van der Waals surface area (Å²) < 4.78 is 1.86. The number of imide groups is 1. The smallest absolute Gasteiger partial charge is 0.240 e. The maximum absolute atomic E-state index is 13.1. The molecule has 1 spiro atoms. The predicted molar refractivity (Wildman–Crippen MR) is 89.4 cm³/mol. The first-order valence-electron chi connectivity index (χ1n) is 8.58. The van der Waals surface area contributed by atoms with Crippen LogP contribution in [0.5, 0.6) is 0 Å². The second kappa shape index (κ2) is 5.58. The molecule has 2 heterocycles. The Kier molecular flexibility index (Phi) is 3.52. The highest BCUT2D eigenvalue weighted by atomic mass is 16.2. The number of hydrogen-bond acceptors (Lipinski definition) is 3.